The number of benzene rings is 2. The predicted octanol–water partition coefficient (Wildman–Crippen LogP) is 3.96. The van der Waals surface area contributed by atoms with Gasteiger partial charge in [-0.25, -0.2) is 4.39 Å². The van der Waals surface area contributed by atoms with Crippen LogP contribution in [0.15, 0.2) is 47.4 Å². The Morgan fingerprint density at radius 2 is 2.10 bits per heavy atom. The lowest BCUT2D eigenvalue weighted by atomic mass is 9.99. The molecular weight excluding hydrogens is 271 g/mol. The van der Waals surface area contributed by atoms with Crippen LogP contribution >= 0.6 is 11.8 Å². The summed E-state index contributed by atoms with van der Waals surface area (Å²) in [5, 5.41) is -0.0323. The molecule has 3 rings (SSSR count). The third-order valence-electron chi connectivity index (χ3n) is 3.68. The van der Waals surface area contributed by atoms with Crippen LogP contribution in [-0.2, 0) is 17.6 Å². The van der Waals surface area contributed by atoms with Crippen LogP contribution in [0.2, 0.25) is 0 Å². The van der Waals surface area contributed by atoms with Gasteiger partial charge in [-0.15, -0.1) is 11.8 Å². The van der Waals surface area contributed by atoms with Crippen molar-refractivity contribution in [3.05, 3.63) is 65.0 Å². The first-order valence-corrected chi connectivity index (χ1v) is 7.54. The van der Waals surface area contributed by atoms with Gasteiger partial charge in [-0.2, -0.15) is 0 Å². The molecule has 1 unspecified atom stereocenters. The van der Waals surface area contributed by atoms with E-state index in [9.17, 15) is 9.18 Å². The van der Waals surface area contributed by atoms with Gasteiger partial charge >= 0.3 is 0 Å². The van der Waals surface area contributed by atoms with Crippen LogP contribution < -0.4 is 0 Å². The molecule has 0 aromatic heterocycles. The summed E-state index contributed by atoms with van der Waals surface area (Å²) in [5.74, 6) is -0.0966. The number of fused-ring (bicyclic) bond motifs is 1. The topological polar surface area (TPSA) is 17.1 Å². The van der Waals surface area contributed by atoms with Gasteiger partial charge in [0.15, 0.2) is 5.78 Å². The standard InChI is InChI=1S/C17H15FOS/c1-11-6-7-14(18)8-13(11)9-15(19)17-10-12-4-2-3-5-16(12)20-17/h2-8,17H,9-10H2,1H3. The molecular formula is C17H15FOS. The normalized spacial score (nSPS) is 17.0. The van der Waals surface area contributed by atoms with Crippen LogP contribution in [0.5, 0.6) is 0 Å². The molecule has 3 heteroatoms. The quantitative estimate of drug-likeness (QED) is 0.849. The van der Waals surface area contributed by atoms with Gasteiger partial charge < -0.3 is 0 Å². The molecule has 0 bridgehead atoms. The molecule has 0 N–H and O–H groups in total. The van der Waals surface area contributed by atoms with Crippen LogP contribution in [0.1, 0.15) is 16.7 Å². The Hall–Kier alpha value is -1.61. The van der Waals surface area contributed by atoms with Crippen molar-refractivity contribution in [2.45, 2.75) is 29.9 Å². The Labute approximate surface area is 122 Å². The van der Waals surface area contributed by atoms with Crippen molar-refractivity contribution >= 4 is 17.5 Å². The molecule has 2 aromatic carbocycles. The first kappa shape index (κ1) is 13.4. The van der Waals surface area contributed by atoms with E-state index in [4.69, 9.17) is 0 Å². The number of rotatable bonds is 3. The van der Waals surface area contributed by atoms with E-state index in [1.54, 1.807) is 17.8 Å². The molecule has 0 saturated heterocycles. The number of halogens is 1. The molecule has 20 heavy (non-hydrogen) atoms. The molecule has 102 valence electrons. The predicted molar refractivity (Wildman–Crippen MR) is 79.6 cm³/mol. The number of hydrogen-bond acceptors (Lipinski definition) is 2. The van der Waals surface area contributed by atoms with Crippen molar-refractivity contribution < 1.29 is 9.18 Å². The van der Waals surface area contributed by atoms with Crippen LogP contribution in [0.25, 0.3) is 0 Å². The summed E-state index contributed by atoms with van der Waals surface area (Å²) >= 11 is 1.63. The monoisotopic (exact) mass is 286 g/mol. The van der Waals surface area contributed by atoms with E-state index in [0.717, 1.165) is 17.5 Å². The highest BCUT2D eigenvalue weighted by Crippen LogP contribution is 2.37. The minimum absolute atomic E-state index is 0.0323. The van der Waals surface area contributed by atoms with Gasteiger partial charge in [0, 0.05) is 11.3 Å². The molecule has 1 aliphatic rings. The summed E-state index contributed by atoms with van der Waals surface area (Å²) in [6.45, 7) is 1.92. The highest BCUT2D eigenvalue weighted by Gasteiger charge is 2.27. The largest absolute Gasteiger partial charge is 0.298 e. The molecule has 1 nitrogen and oxygen atoms in total. The van der Waals surface area contributed by atoms with Crippen molar-refractivity contribution in [3.63, 3.8) is 0 Å². The third-order valence-corrected chi connectivity index (χ3v) is 5.05. The molecule has 1 heterocycles. The maximum Gasteiger partial charge on any atom is 0.150 e. The van der Waals surface area contributed by atoms with E-state index in [0.29, 0.717) is 6.42 Å². The van der Waals surface area contributed by atoms with Gasteiger partial charge in [0.05, 0.1) is 5.25 Å². The second-order valence-electron chi connectivity index (χ2n) is 5.13. The van der Waals surface area contributed by atoms with Gasteiger partial charge in [0.1, 0.15) is 5.82 Å². The summed E-state index contributed by atoms with van der Waals surface area (Å²) in [6, 6.07) is 12.8. The summed E-state index contributed by atoms with van der Waals surface area (Å²) in [7, 11) is 0. The fourth-order valence-corrected chi connectivity index (χ4v) is 3.74. The number of carbonyl (C=O) groups is 1. The van der Waals surface area contributed by atoms with Crippen molar-refractivity contribution in [2.75, 3.05) is 0 Å². The fraction of sp³-hybridized carbons (Fsp3) is 0.235. The lowest BCUT2D eigenvalue weighted by Crippen LogP contribution is -2.19. The average molecular weight is 286 g/mol. The second kappa shape index (κ2) is 5.41. The summed E-state index contributed by atoms with van der Waals surface area (Å²) < 4.78 is 13.3. The van der Waals surface area contributed by atoms with Crippen LogP contribution in [-0.4, -0.2) is 11.0 Å². The van der Waals surface area contributed by atoms with Gasteiger partial charge in [-0.05, 0) is 48.2 Å². The van der Waals surface area contributed by atoms with Crippen LogP contribution in [0, 0.1) is 12.7 Å². The molecule has 2 aromatic rings. The first-order chi connectivity index (χ1) is 9.63. The van der Waals surface area contributed by atoms with E-state index in [-0.39, 0.29) is 16.9 Å². The zero-order chi connectivity index (χ0) is 14.1. The maximum absolute atomic E-state index is 13.3. The van der Waals surface area contributed by atoms with E-state index in [1.165, 1.54) is 22.6 Å². The third kappa shape index (κ3) is 2.63. The summed E-state index contributed by atoms with van der Waals surface area (Å²) in [4.78, 5) is 13.6. The number of Topliss-reactive ketones (excluding diaryl/α,β-unsaturated/α-hetero) is 1. The molecule has 0 fully saturated rings. The highest BCUT2D eigenvalue weighted by atomic mass is 32.2. The molecule has 0 spiro atoms. The smallest absolute Gasteiger partial charge is 0.150 e. The van der Waals surface area contributed by atoms with Gasteiger partial charge in [-0.1, -0.05) is 24.3 Å². The summed E-state index contributed by atoms with van der Waals surface area (Å²) in [6.07, 6.45) is 1.10. The minimum Gasteiger partial charge on any atom is -0.298 e. The van der Waals surface area contributed by atoms with E-state index < -0.39 is 0 Å². The van der Waals surface area contributed by atoms with Crippen LogP contribution in [0.3, 0.4) is 0 Å². The molecule has 0 saturated carbocycles. The fourth-order valence-electron chi connectivity index (χ4n) is 2.49. The molecule has 0 amide bonds. The van der Waals surface area contributed by atoms with Crippen molar-refractivity contribution in [1.29, 1.82) is 0 Å². The zero-order valence-electron chi connectivity index (χ0n) is 11.2. The van der Waals surface area contributed by atoms with Gasteiger partial charge in [0.25, 0.3) is 0 Å². The minimum atomic E-state index is -0.277. The average Bonchev–Trinajstić information content (AvgIpc) is 2.87. The van der Waals surface area contributed by atoms with E-state index >= 15 is 0 Å². The van der Waals surface area contributed by atoms with Crippen molar-refractivity contribution in [1.82, 2.24) is 0 Å². The lowest BCUT2D eigenvalue weighted by Gasteiger charge is -2.09. The lowest BCUT2D eigenvalue weighted by molar-refractivity contribution is -0.117. The Morgan fingerprint density at radius 1 is 1.30 bits per heavy atom. The maximum atomic E-state index is 13.3. The number of thioether (sulfide) groups is 1. The molecule has 0 aliphatic carbocycles. The molecule has 1 atom stereocenters. The first-order valence-electron chi connectivity index (χ1n) is 6.66. The van der Waals surface area contributed by atoms with E-state index in [1.807, 2.05) is 19.1 Å². The Bertz CT molecular complexity index is 641. The number of carbonyl (C=O) groups excluding carboxylic acids is 1. The van der Waals surface area contributed by atoms with Gasteiger partial charge in [0.2, 0.25) is 0 Å². The number of aryl methyl sites for hydroxylation is 1. The second-order valence-corrected chi connectivity index (χ2v) is 6.38. The molecule has 1 aliphatic heterocycles. The zero-order valence-corrected chi connectivity index (χ0v) is 12.0. The summed E-state index contributed by atoms with van der Waals surface area (Å²) in [5.41, 5.74) is 3.01. The van der Waals surface area contributed by atoms with Crippen molar-refractivity contribution in [2.24, 2.45) is 0 Å². The SMILES string of the molecule is Cc1ccc(F)cc1CC(=O)C1Cc2ccccc2S1. The highest BCUT2D eigenvalue weighted by molar-refractivity contribution is 8.01. The Morgan fingerprint density at radius 3 is 2.90 bits per heavy atom. The molecule has 0 radical (unpaired) electrons. The van der Waals surface area contributed by atoms with Crippen LogP contribution in [0.4, 0.5) is 4.39 Å². The number of ketones is 1. The van der Waals surface area contributed by atoms with Gasteiger partial charge in [-0.3, -0.25) is 4.79 Å². The number of hydrogen-bond donors (Lipinski definition) is 0. The van der Waals surface area contributed by atoms with Crippen molar-refractivity contribution in [3.8, 4) is 0 Å². The van der Waals surface area contributed by atoms with E-state index in [2.05, 4.69) is 12.1 Å². The Balaban J connectivity index is 1.74. The Kier molecular flexibility index (Phi) is 3.62.